The second-order valence-corrected chi connectivity index (χ2v) is 3.15. The number of alkyl halides is 1. The van der Waals surface area contributed by atoms with Crippen LogP contribution in [0.25, 0.3) is 0 Å². The van der Waals surface area contributed by atoms with Crippen molar-refractivity contribution in [2.24, 2.45) is 0 Å². The first-order valence-corrected chi connectivity index (χ1v) is 4.62. The number of halogens is 1. The SMILES string of the molecule is N#Cc1cc(C(=O)CCl)c([N+](=O)[O-])cc1N. The number of nitrogen functional groups attached to an aromatic ring is 1. The van der Waals surface area contributed by atoms with E-state index in [1.165, 1.54) is 0 Å². The molecule has 16 heavy (non-hydrogen) atoms. The van der Waals surface area contributed by atoms with Gasteiger partial charge in [-0.3, -0.25) is 14.9 Å². The minimum atomic E-state index is -0.739. The minimum absolute atomic E-state index is 0.0130. The van der Waals surface area contributed by atoms with Gasteiger partial charge in [0.15, 0.2) is 5.78 Å². The molecule has 7 heteroatoms. The van der Waals surface area contributed by atoms with Gasteiger partial charge < -0.3 is 5.73 Å². The number of hydrogen-bond donors (Lipinski definition) is 1. The number of rotatable bonds is 3. The molecule has 0 aliphatic carbocycles. The summed E-state index contributed by atoms with van der Waals surface area (Å²) < 4.78 is 0. The Morgan fingerprint density at radius 3 is 2.69 bits per heavy atom. The van der Waals surface area contributed by atoms with E-state index < -0.39 is 22.3 Å². The summed E-state index contributed by atoms with van der Waals surface area (Å²) in [5.41, 5.74) is 4.74. The lowest BCUT2D eigenvalue weighted by atomic mass is 10.0. The van der Waals surface area contributed by atoms with Crippen molar-refractivity contribution in [2.75, 3.05) is 11.6 Å². The van der Waals surface area contributed by atoms with Crippen LogP contribution in [-0.2, 0) is 0 Å². The zero-order valence-electron chi connectivity index (χ0n) is 7.94. The predicted molar refractivity (Wildman–Crippen MR) is 57.3 cm³/mol. The Hall–Kier alpha value is -2.13. The Kier molecular flexibility index (Phi) is 3.43. The Morgan fingerprint density at radius 1 is 1.62 bits per heavy atom. The van der Waals surface area contributed by atoms with Crippen LogP contribution in [0.5, 0.6) is 0 Å². The van der Waals surface area contributed by atoms with Gasteiger partial charge in [-0.15, -0.1) is 11.6 Å². The molecule has 0 bridgehead atoms. The average Bonchev–Trinajstić information content (AvgIpc) is 2.27. The number of hydrogen-bond acceptors (Lipinski definition) is 5. The lowest BCUT2D eigenvalue weighted by Gasteiger charge is -2.03. The first-order valence-electron chi connectivity index (χ1n) is 4.08. The van der Waals surface area contributed by atoms with Gasteiger partial charge in [0, 0.05) is 6.07 Å². The van der Waals surface area contributed by atoms with Crippen molar-refractivity contribution in [2.45, 2.75) is 0 Å². The maximum absolute atomic E-state index is 11.3. The predicted octanol–water partition coefficient (Wildman–Crippen LogP) is 1.47. The molecule has 0 saturated heterocycles. The van der Waals surface area contributed by atoms with Crippen LogP contribution in [0, 0.1) is 21.4 Å². The van der Waals surface area contributed by atoms with E-state index in [-0.39, 0.29) is 16.8 Å². The number of nitrogens with two attached hydrogens (primary N) is 1. The molecule has 6 nitrogen and oxygen atoms in total. The third kappa shape index (κ3) is 2.10. The molecule has 0 atom stereocenters. The molecule has 82 valence electrons. The van der Waals surface area contributed by atoms with Crippen LogP contribution in [0.3, 0.4) is 0 Å². The third-order valence-corrected chi connectivity index (χ3v) is 2.15. The Labute approximate surface area is 95.4 Å². The maximum atomic E-state index is 11.3. The number of carbonyl (C=O) groups excluding carboxylic acids is 1. The molecule has 0 aromatic heterocycles. The molecule has 0 aliphatic rings. The lowest BCUT2D eigenvalue weighted by molar-refractivity contribution is -0.385. The Morgan fingerprint density at radius 2 is 2.25 bits per heavy atom. The van der Waals surface area contributed by atoms with Gasteiger partial charge in [-0.25, -0.2) is 0 Å². The lowest BCUT2D eigenvalue weighted by Crippen LogP contribution is -2.07. The van der Waals surface area contributed by atoms with Crippen LogP contribution in [0.1, 0.15) is 15.9 Å². The Balaban J connectivity index is 3.50. The number of ketones is 1. The molecule has 1 aromatic carbocycles. The summed E-state index contributed by atoms with van der Waals surface area (Å²) >= 11 is 5.31. The summed E-state index contributed by atoms with van der Waals surface area (Å²) in [6.45, 7) is 0. The van der Waals surface area contributed by atoms with E-state index in [2.05, 4.69) is 0 Å². The molecule has 0 saturated carbocycles. The maximum Gasteiger partial charge on any atom is 0.282 e. The van der Waals surface area contributed by atoms with E-state index in [4.69, 9.17) is 22.6 Å². The fraction of sp³-hybridized carbons (Fsp3) is 0.111. The van der Waals surface area contributed by atoms with Crippen LogP contribution in [0.2, 0.25) is 0 Å². The molecule has 0 heterocycles. The standard InChI is InChI=1S/C9H6ClN3O3/c10-3-9(14)6-1-5(4-11)7(12)2-8(6)13(15)16/h1-2H,3,12H2. The van der Waals surface area contributed by atoms with E-state index in [9.17, 15) is 14.9 Å². The molecule has 0 radical (unpaired) electrons. The number of Topliss-reactive ketones (excluding diaryl/α,β-unsaturated/α-hetero) is 1. The summed E-state index contributed by atoms with van der Waals surface area (Å²) in [6.07, 6.45) is 0. The highest BCUT2D eigenvalue weighted by atomic mass is 35.5. The number of anilines is 1. The Bertz CT molecular complexity index is 507. The van der Waals surface area contributed by atoms with Gasteiger partial charge in [0.2, 0.25) is 0 Å². The van der Waals surface area contributed by atoms with E-state index in [0.717, 1.165) is 12.1 Å². The van der Waals surface area contributed by atoms with Gasteiger partial charge in [-0.2, -0.15) is 5.26 Å². The van der Waals surface area contributed by atoms with Crippen LogP contribution in [-0.4, -0.2) is 16.6 Å². The van der Waals surface area contributed by atoms with Crippen LogP contribution in [0.4, 0.5) is 11.4 Å². The van der Waals surface area contributed by atoms with E-state index in [1.807, 2.05) is 0 Å². The van der Waals surface area contributed by atoms with Crippen molar-refractivity contribution in [1.29, 1.82) is 5.26 Å². The third-order valence-electron chi connectivity index (χ3n) is 1.91. The van der Waals surface area contributed by atoms with Gasteiger partial charge in [0.25, 0.3) is 5.69 Å². The first-order chi connectivity index (χ1) is 7.51. The van der Waals surface area contributed by atoms with Crippen molar-refractivity contribution in [3.63, 3.8) is 0 Å². The molecule has 1 rings (SSSR count). The molecule has 0 fully saturated rings. The van der Waals surface area contributed by atoms with Gasteiger partial charge in [0.1, 0.15) is 6.07 Å². The monoisotopic (exact) mass is 239 g/mol. The van der Waals surface area contributed by atoms with Crippen molar-refractivity contribution >= 4 is 28.8 Å². The summed E-state index contributed by atoms with van der Waals surface area (Å²) in [7, 11) is 0. The zero-order chi connectivity index (χ0) is 12.3. The van der Waals surface area contributed by atoms with Gasteiger partial charge in [-0.05, 0) is 6.07 Å². The molecule has 0 aliphatic heterocycles. The van der Waals surface area contributed by atoms with Crippen LogP contribution < -0.4 is 5.73 Å². The number of nitro groups is 1. The minimum Gasteiger partial charge on any atom is -0.397 e. The average molecular weight is 240 g/mol. The quantitative estimate of drug-likeness (QED) is 0.282. The second kappa shape index (κ2) is 4.59. The number of benzene rings is 1. The number of nitrogens with zero attached hydrogens (tertiary/aromatic N) is 2. The molecular formula is C9H6ClN3O3. The number of nitriles is 1. The van der Waals surface area contributed by atoms with E-state index in [1.54, 1.807) is 6.07 Å². The van der Waals surface area contributed by atoms with E-state index >= 15 is 0 Å². The molecule has 0 unspecified atom stereocenters. The zero-order valence-corrected chi connectivity index (χ0v) is 8.69. The summed E-state index contributed by atoms with van der Waals surface area (Å²) in [5.74, 6) is -1.01. The molecule has 2 N–H and O–H groups in total. The van der Waals surface area contributed by atoms with Crippen molar-refractivity contribution < 1.29 is 9.72 Å². The molecule has 0 amide bonds. The van der Waals surface area contributed by atoms with Gasteiger partial charge >= 0.3 is 0 Å². The molecule has 0 spiro atoms. The van der Waals surface area contributed by atoms with Gasteiger partial charge in [-0.1, -0.05) is 0 Å². The number of carbonyl (C=O) groups is 1. The van der Waals surface area contributed by atoms with Gasteiger partial charge in [0.05, 0.1) is 27.6 Å². The summed E-state index contributed by atoms with van der Waals surface area (Å²) in [6, 6.07) is 3.80. The summed E-state index contributed by atoms with van der Waals surface area (Å²) in [5, 5.41) is 19.3. The van der Waals surface area contributed by atoms with Crippen molar-refractivity contribution in [1.82, 2.24) is 0 Å². The highest BCUT2D eigenvalue weighted by Crippen LogP contribution is 2.25. The first kappa shape index (κ1) is 11.9. The summed E-state index contributed by atoms with van der Waals surface area (Å²) in [4.78, 5) is 21.3. The van der Waals surface area contributed by atoms with Crippen molar-refractivity contribution in [3.05, 3.63) is 33.4 Å². The highest BCUT2D eigenvalue weighted by molar-refractivity contribution is 6.31. The van der Waals surface area contributed by atoms with Crippen LogP contribution >= 0.6 is 11.6 Å². The normalized spacial score (nSPS) is 9.50. The fourth-order valence-electron chi connectivity index (χ4n) is 1.15. The van der Waals surface area contributed by atoms with Crippen molar-refractivity contribution in [3.8, 4) is 6.07 Å². The molecular weight excluding hydrogens is 234 g/mol. The smallest absolute Gasteiger partial charge is 0.282 e. The highest BCUT2D eigenvalue weighted by Gasteiger charge is 2.21. The fourth-order valence-corrected chi connectivity index (χ4v) is 1.29. The number of nitro benzene ring substituents is 1. The largest absolute Gasteiger partial charge is 0.397 e. The second-order valence-electron chi connectivity index (χ2n) is 2.88. The molecule has 1 aromatic rings. The topological polar surface area (TPSA) is 110 Å². The van der Waals surface area contributed by atoms with Crippen LogP contribution in [0.15, 0.2) is 12.1 Å². The van der Waals surface area contributed by atoms with E-state index in [0.29, 0.717) is 0 Å².